The van der Waals surface area contributed by atoms with E-state index in [9.17, 15) is 0 Å². The molecule has 0 unspecified atom stereocenters. The first-order valence-electron chi connectivity index (χ1n) is 3.67. The van der Waals surface area contributed by atoms with Crippen LogP contribution in [0.3, 0.4) is 0 Å². The standard InChI is InChI=1S/C7H16BrNO/c1-10-7-3-2-5-9-6-4-8/h9H,2-7H2,1H3. The second-order valence-corrected chi connectivity index (χ2v) is 2.93. The number of nitrogens with one attached hydrogen (secondary N) is 1. The summed E-state index contributed by atoms with van der Waals surface area (Å²) in [6, 6.07) is 0. The van der Waals surface area contributed by atoms with E-state index in [1.54, 1.807) is 7.11 Å². The molecule has 0 heterocycles. The molecular formula is C7H16BrNO. The summed E-state index contributed by atoms with van der Waals surface area (Å²) in [5, 5.41) is 4.33. The van der Waals surface area contributed by atoms with Crippen LogP contribution in [0.15, 0.2) is 0 Å². The van der Waals surface area contributed by atoms with Crippen molar-refractivity contribution >= 4 is 15.9 Å². The molecule has 0 aromatic rings. The summed E-state index contributed by atoms with van der Waals surface area (Å²) in [5.74, 6) is 0. The number of alkyl halides is 1. The van der Waals surface area contributed by atoms with Crippen molar-refractivity contribution in [3.8, 4) is 0 Å². The van der Waals surface area contributed by atoms with E-state index in [2.05, 4.69) is 21.2 Å². The van der Waals surface area contributed by atoms with Crippen LogP contribution < -0.4 is 5.32 Å². The first kappa shape index (κ1) is 10.4. The third kappa shape index (κ3) is 8.40. The van der Waals surface area contributed by atoms with E-state index in [0.29, 0.717) is 0 Å². The first-order valence-corrected chi connectivity index (χ1v) is 4.79. The number of rotatable bonds is 7. The molecule has 2 nitrogen and oxygen atoms in total. The number of methoxy groups -OCH3 is 1. The van der Waals surface area contributed by atoms with Gasteiger partial charge >= 0.3 is 0 Å². The number of hydrogen-bond donors (Lipinski definition) is 1. The Hall–Kier alpha value is 0.400. The fraction of sp³-hybridized carbons (Fsp3) is 1.00. The molecular weight excluding hydrogens is 194 g/mol. The van der Waals surface area contributed by atoms with Crippen LogP contribution in [0.2, 0.25) is 0 Å². The molecule has 0 aliphatic carbocycles. The summed E-state index contributed by atoms with van der Waals surface area (Å²) in [4.78, 5) is 0. The van der Waals surface area contributed by atoms with Gasteiger partial charge in [0.05, 0.1) is 0 Å². The van der Waals surface area contributed by atoms with Crippen LogP contribution in [0, 0.1) is 0 Å². The maximum atomic E-state index is 4.91. The molecule has 0 amide bonds. The molecule has 0 aliphatic rings. The molecule has 3 heteroatoms. The van der Waals surface area contributed by atoms with Crippen molar-refractivity contribution in [2.45, 2.75) is 12.8 Å². The largest absolute Gasteiger partial charge is 0.385 e. The second-order valence-electron chi connectivity index (χ2n) is 2.14. The van der Waals surface area contributed by atoms with Crippen molar-refractivity contribution in [1.82, 2.24) is 5.32 Å². The third-order valence-electron chi connectivity index (χ3n) is 1.22. The van der Waals surface area contributed by atoms with Crippen LogP contribution in [-0.2, 0) is 4.74 Å². The number of hydrogen-bond acceptors (Lipinski definition) is 2. The van der Waals surface area contributed by atoms with E-state index < -0.39 is 0 Å². The molecule has 0 aliphatic heterocycles. The molecule has 0 saturated carbocycles. The van der Waals surface area contributed by atoms with E-state index in [-0.39, 0.29) is 0 Å². The van der Waals surface area contributed by atoms with Crippen molar-refractivity contribution in [3.05, 3.63) is 0 Å². The summed E-state index contributed by atoms with van der Waals surface area (Å²) < 4.78 is 4.91. The van der Waals surface area contributed by atoms with Gasteiger partial charge in [0.25, 0.3) is 0 Å². The van der Waals surface area contributed by atoms with E-state index in [1.165, 1.54) is 6.42 Å². The van der Waals surface area contributed by atoms with Gasteiger partial charge in [0, 0.05) is 25.6 Å². The van der Waals surface area contributed by atoms with Crippen LogP contribution in [-0.4, -0.2) is 32.1 Å². The quantitative estimate of drug-likeness (QED) is 0.506. The number of halogens is 1. The van der Waals surface area contributed by atoms with Gasteiger partial charge in [-0.15, -0.1) is 0 Å². The van der Waals surface area contributed by atoms with Gasteiger partial charge in [-0.25, -0.2) is 0 Å². The van der Waals surface area contributed by atoms with Crippen molar-refractivity contribution in [2.75, 3.05) is 32.1 Å². The molecule has 0 saturated heterocycles. The van der Waals surface area contributed by atoms with E-state index >= 15 is 0 Å². The lowest BCUT2D eigenvalue weighted by molar-refractivity contribution is 0.192. The Morgan fingerprint density at radius 1 is 1.30 bits per heavy atom. The second kappa shape index (κ2) is 9.40. The maximum Gasteiger partial charge on any atom is 0.0462 e. The molecule has 0 spiro atoms. The van der Waals surface area contributed by atoms with Gasteiger partial charge in [-0.2, -0.15) is 0 Å². The molecule has 0 bridgehead atoms. The van der Waals surface area contributed by atoms with Crippen molar-refractivity contribution in [2.24, 2.45) is 0 Å². The van der Waals surface area contributed by atoms with Crippen LogP contribution in [0.25, 0.3) is 0 Å². The van der Waals surface area contributed by atoms with Crippen molar-refractivity contribution in [3.63, 3.8) is 0 Å². The monoisotopic (exact) mass is 209 g/mol. The molecule has 10 heavy (non-hydrogen) atoms. The predicted octanol–water partition coefficient (Wildman–Crippen LogP) is 1.40. The van der Waals surface area contributed by atoms with Gasteiger partial charge in [0.1, 0.15) is 0 Å². The average molecular weight is 210 g/mol. The highest BCUT2D eigenvalue weighted by atomic mass is 79.9. The number of ether oxygens (including phenoxy) is 1. The Morgan fingerprint density at radius 2 is 2.10 bits per heavy atom. The molecule has 0 radical (unpaired) electrons. The highest BCUT2D eigenvalue weighted by molar-refractivity contribution is 9.09. The minimum absolute atomic E-state index is 0.885. The van der Waals surface area contributed by atoms with Crippen LogP contribution in [0.1, 0.15) is 12.8 Å². The zero-order chi connectivity index (χ0) is 7.66. The topological polar surface area (TPSA) is 21.3 Å². The molecule has 0 fully saturated rings. The highest BCUT2D eigenvalue weighted by Gasteiger charge is 1.86. The lowest BCUT2D eigenvalue weighted by Crippen LogP contribution is -2.17. The minimum atomic E-state index is 0.885. The van der Waals surface area contributed by atoms with Crippen molar-refractivity contribution < 1.29 is 4.74 Å². The van der Waals surface area contributed by atoms with E-state index in [0.717, 1.165) is 31.4 Å². The first-order chi connectivity index (χ1) is 4.91. The molecule has 0 aromatic carbocycles. The smallest absolute Gasteiger partial charge is 0.0462 e. The number of unbranched alkanes of at least 4 members (excludes halogenated alkanes) is 1. The Morgan fingerprint density at radius 3 is 2.70 bits per heavy atom. The summed E-state index contributed by atoms with van der Waals surface area (Å²) in [6.45, 7) is 3.05. The fourth-order valence-electron chi connectivity index (χ4n) is 0.688. The zero-order valence-corrected chi connectivity index (χ0v) is 8.11. The average Bonchev–Trinajstić information content (AvgIpc) is 1.97. The molecule has 0 aromatic heterocycles. The van der Waals surface area contributed by atoms with Crippen molar-refractivity contribution in [1.29, 1.82) is 0 Å². The highest BCUT2D eigenvalue weighted by Crippen LogP contribution is 1.86. The lowest BCUT2D eigenvalue weighted by Gasteiger charge is -2.00. The Labute approximate surface area is 71.5 Å². The summed E-state index contributed by atoms with van der Waals surface area (Å²) in [5.41, 5.74) is 0. The van der Waals surface area contributed by atoms with E-state index in [4.69, 9.17) is 4.74 Å². The zero-order valence-electron chi connectivity index (χ0n) is 6.53. The van der Waals surface area contributed by atoms with Crippen LogP contribution >= 0.6 is 15.9 Å². The molecule has 62 valence electrons. The van der Waals surface area contributed by atoms with Gasteiger partial charge in [-0.05, 0) is 19.4 Å². The van der Waals surface area contributed by atoms with Gasteiger partial charge in [-0.3, -0.25) is 0 Å². The SMILES string of the molecule is COCCCCNCCBr. The maximum absolute atomic E-state index is 4.91. The Kier molecular flexibility index (Phi) is 9.78. The molecule has 0 rings (SSSR count). The van der Waals surface area contributed by atoms with Crippen LogP contribution in [0.5, 0.6) is 0 Å². The Bertz CT molecular complexity index is 53.6. The summed E-state index contributed by atoms with van der Waals surface area (Å²) in [7, 11) is 1.74. The lowest BCUT2D eigenvalue weighted by atomic mass is 10.3. The minimum Gasteiger partial charge on any atom is -0.385 e. The van der Waals surface area contributed by atoms with E-state index in [1.807, 2.05) is 0 Å². The predicted molar refractivity (Wildman–Crippen MR) is 47.8 cm³/mol. The third-order valence-corrected chi connectivity index (χ3v) is 1.62. The molecule has 1 N–H and O–H groups in total. The van der Waals surface area contributed by atoms with Crippen LogP contribution in [0.4, 0.5) is 0 Å². The van der Waals surface area contributed by atoms with Gasteiger partial charge in [0.15, 0.2) is 0 Å². The van der Waals surface area contributed by atoms with Gasteiger partial charge < -0.3 is 10.1 Å². The summed E-state index contributed by atoms with van der Waals surface area (Å²) >= 11 is 3.35. The Balaban J connectivity index is 2.65. The molecule has 0 atom stereocenters. The van der Waals surface area contributed by atoms with Gasteiger partial charge in [-0.1, -0.05) is 15.9 Å². The van der Waals surface area contributed by atoms with Gasteiger partial charge in [0.2, 0.25) is 0 Å². The summed E-state index contributed by atoms with van der Waals surface area (Å²) in [6.07, 6.45) is 2.37. The fourth-order valence-corrected chi connectivity index (χ4v) is 0.969. The normalized spacial score (nSPS) is 10.2.